The van der Waals surface area contributed by atoms with E-state index in [4.69, 9.17) is 10.5 Å². The SMILES string of the molecule is NCc1cccc(-c2cccc(F)c2OCCC(=O)N2CCCCC2)c1. The molecule has 0 unspecified atom stereocenters. The molecule has 2 aromatic carbocycles. The van der Waals surface area contributed by atoms with Crippen molar-refractivity contribution in [2.45, 2.75) is 32.2 Å². The van der Waals surface area contributed by atoms with Gasteiger partial charge in [-0.05, 0) is 42.5 Å². The fourth-order valence-electron chi connectivity index (χ4n) is 3.29. The van der Waals surface area contributed by atoms with Crippen LogP contribution in [0.3, 0.4) is 0 Å². The van der Waals surface area contributed by atoms with Crippen LogP contribution in [0.2, 0.25) is 0 Å². The first kappa shape index (κ1) is 18.4. The fourth-order valence-corrected chi connectivity index (χ4v) is 3.29. The monoisotopic (exact) mass is 356 g/mol. The van der Waals surface area contributed by atoms with Crippen LogP contribution >= 0.6 is 0 Å². The van der Waals surface area contributed by atoms with E-state index in [2.05, 4.69) is 0 Å². The standard InChI is InChI=1S/C21H25FN2O2/c22-19-9-5-8-18(17-7-4-6-16(14-17)15-23)21(19)26-13-10-20(25)24-11-2-1-3-12-24/h4-9,14H,1-3,10-13,15,23H2. The smallest absolute Gasteiger partial charge is 0.225 e. The first-order valence-corrected chi connectivity index (χ1v) is 9.17. The van der Waals surface area contributed by atoms with Crippen molar-refractivity contribution in [2.24, 2.45) is 5.73 Å². The molecule has 0 aliphatic carbocycles. The third kappa shape index (κ3) is 4.41. The molecule has 0 saturated carbocycles. The van der Waals surface area contributed by atoms with Gasteiger partial charge in [0.05, 0.1) is 13.0 Å². The van der Waals surface area contributed by atoms with Crippen LogP contribution in [-0.2, 0) is 11.3 Å². The van der Waals surface area contributed by atoms with Gasteiger partial charge in [-0.25, -0.2) is 4.39 Å². The van der Waals surface area contributed by atoms with E-state index >= 15 is 0 Å². The molecule has 5 heteroatoms. The zero-order valence-corrected chi connectivity index (χ0v) is 14.9. The second kappa shape index (κ2) is 8.81. The van der Waals surface area contributed by atoms with Crippen LogP contribution in [0.4, 0.5) is 4.39 Å². The lowest BCUT2D eigenvalue weighted by molar-refractivity contribution is -0.132. The molecule has 138 valence electrons. The maximum atomic E-state index is 14.4. The Hall–Kier alpha value is -2.40. The van der Waals surface area contributed by atoms with Crippen LogP contribution in [0.1, 0.15) is 31.2 Å². The third-order valence-electron chi connectivity index (χ3n) is 4.71. The number of carbonyl (C=O) groups excluding carboxylic acids is 1. The molecule has 0 atom stereocenters. The highest BCUT2D eigenvalue weighted by molar-refractivity contribution is 5.76. The quantitative estimate of drug-likeness (QED) is 0.858. The highest BCUT2D eigenvalue weighted by atomic mass is 19.1. The largest absolute Gasteiger partial charge is 0.489 e. The zero-order valence-electron chi connectivity index (χ0n) is 14.9. The van der Waals surface area contributed by atoms with Crippen molar-refractivity contribution in [1.29, 1.82) is 0 Å². The Kier molecular flexibility index (Phi) is 6.23. The zero-order chi connectivity index (χ0) is 18.4. The summed E-state index contributed by atoms with van der Waals surface area (Å²) in [6, 6.07) is 12.5. The van der Waals surface area contributed by atoms with E-state index in [0.717, 1.165) is 37.1 Å². The number of carbonyl (C=O) groups is 1. The molecule has 1 aliphatic rings. The van der Waals surface area contributed by atoms with Crippen molar-refractivity contribution in [2.75, 3.05) is 19.7 Å². The number of likely N-dealkylation sites (tertiary alicyclic amines) is 1. The van der Waals surface area contributed by atoms with E-state index in [9.17, 15) is 9.18 Å². The van der Waals surface area contributed by atoms with Crippen LogP contribution in [-0.4, -0.2) is 30.5 Å². The Morgan fingerprint density at radius 1 is 1.12 bits per heavy atom. The summed E-state index contributed by atoms with van der Waals surface area (Å²) >= 11 is 0. The molecule has 0 bridgehead atoms. The average molecular weight is 356 g/mol. The summed E-state index contributed by atoms with van der Waals surface area (Å²) in [4.78, 5) is 14.1. The van der Waals surface area contributed by atoms with Gasteiger partial charge < -0.3 is 15.4 Å². The molecular weight excluding hydrogens is 331 g/mol. The Morgan fingerprint density at radius 3 is 2.65 bits per heavy atom. The molecule has 1 amide bonds. The summed E-state index contributed by atoms with van der Waals surface area (Å²) in [5.41, 5.74) is 8.20. The van der Waals surface area contributed by atoms with Crippen molar-refractivity contribution in [3.05, 3.63) is 53.8 Å². The molecule has 1 saturated heterocycles. The van der Waals surface area contributed by atoms with Gasteiger partial charge in [0.2, 0.25) is 5.91 Å². The molecule has 2 aromatic rings. The summed E-state index contributed by atoms with van der Waals surface area (Å²) in [5.74, 6) is -0.160. The second-order valence-electron chi connectivity index (χ2n) is 6.56. The lowest BCUT2D eigenvalue weighted by Gasteiger charge is -2.26. The number of benzene rings is 2. The van der Waals surface area contributed by atoms with Crippen LogP contribution in [0.25, 0.3) is 11.1 Å². The fraction of sp³-hybridized carbons (Fsp3) is 0.381. The van der Waals surface area contributed by atoms with E-state index in [-0.39, 0.29) is 24.7 Å². The van der Waals surface area contributed by atoms with Gasteiger partial charge in [0.15, 0.2) is 11.6 Å². The summed E-state index contributed by atoms with van der Waals surface area (Å²) in [6.45, 7) is 2.22. The molecule has 2 N–H and O–H groups in total. The number of halogens is 1. The predicted octanol–water partition coefficient (Wildman–Crippen LogP) is 3.73. The van der Waals surface area contributed by atoms with Crippen LogP contribution in [0.5, 0.6) is 5.75 Å². The van der Waals surface area contributed by atoms with Gasteiger partial charge in [-0.1, -0.05) is 30.3 Å². The lowest BCUT2D eigenvalue weighted by Crippen LogP contribution is -2.36. The molecule has 0 aromatic heterocycles. The highest BCUT2D eigenvalue weighted by Crippen LogP contribution is 2.33. The van der Waals surface area contributed by atoms with E-state index < -0.39 is 5.82 Å². The Balaban J connectivity index is 1.70. The average Bonchev–Trinajstić information content (AvgIpc) is 2.69. The number of amides is 1. The Morgan fingerprint density at radius 2 is 1.88 bits per heavy atom. The maximum absolute atomic E-state index is 14.4. The number of para-hydroxylation sites is 1. The van der Waals surface area contributed by atoms with Gasteiger partial charge in [0, 0.05) is 25.2 Å². The number of piperidine rings is 1. The van der Waals surface area contributed by atoms with Crippen molar-refractivity contribution >= 4 is 5.91 Å². The van der Waals surface area contributed by atoms with Crippen molar-refractivity contribution in [3.8, 4) is 16.9 Å². The van der Waals surface area contributed by atoms with E-state index in [1.54, 1.807) is 6.07 Å². The number of hydrogen-bond acceptors (Lipinski definition) is 3. The minimum Gasteiger partial charge on any atom is -0.489 e. The summed E-state index contributed by atoms with van der Waals surface area (Å²) in [7, 11) is 0. The van der Waals surface area contributed by atoms with Gasteiger partial charge in [0.1, 0.15) is 0 Å². The lowest BCUT2D eigenvalue weighted by atomic mass is 10.0. The van der Waals surface area contributed by atoms with Gasteiger partial charge in [-0.3, -0.25) is 4.79 Å². The normalized spacial score (nSPS) is 14.3. The van der Waals surface area contributed by atoms with Gasteiger partial charge in [0.25, 0.3) is 0 Å². The molecule has 3 rings (SSSR count). The van der Waals surface area contributed by atoms with Crippen molar-refractivity contribution < 1.29 is 13.9 Å². The number of nitrogens with two attached hydrogens (primary N) is 1. The van der Waals surface area contributed by atoms with Gasteiger partial charge >= 0.3 is 0 Å². The third-order valence-corrected chi connectivity index (χ3v) is 4.71. The van der Waals surface area contributed by atoms with Gasteiger partial charge in [-0.15, -0.1) is 0 Å². The number of rotatable bonds is 6. The first-order chi connectivity index (χ1) is 12.7. The minimum atomic E-state index is -0.425. The summed E-state index contributed by atoms with van der Waals surface area (Å²) in [5, 5.41) is 0. The minimum absolute atomic E-state index is 0.0766. The topological polar surface area (TPSA) is 55.6 Å². The molecule has 4 nitrogen and oxygen atoms in total. The molecule has 1 heterocycles. The van der Waals surface area contributed by atoms with Gasteiger partial charge in [-0.2, -0.15) is 0 Å². The number of hydrogen-bond donors (Lipinski definition) is 1. The number of nitrogens with zero attached hydrogens (tertiary/aromatic N) is 1. The van der Waals surface area contributed by atoms with Crippen LogP contribution in [0, 0.1) is 5.82 Å². The Bertz CT molecular complexity index is 757. The summed E-state index contributed by atoms with van der Waals surface area (Å²) in [6.07, 6.45) is 3.56. The van der Waals surface area contributed by atoms with Crippen LogP contribution < -0.4 is 10.5 Å². The highest BCUT2D eigenvalue weighted by Gasteiger charge is 2.17. The second-order valence-corrected chi connectivity index (χ2v) is 6.56. The maximum Gasteiger partial charge on any atom is 0.225 e. The predicted molar refractivity (Wildman–Crippen MR) is 100 cm³/mol. The molecule has 1 fully saturated rings. The van der Waals surface area contributed by atoms with E-state index in [1.165, 1.54) is 12.5 Å². The first-order valence-electron chi connectivity index (χ1n) is 9.17. The molecule has 26 heavy (non-hydrogen) atoms. The molecule has 0 spiro atoms. The Labute approximate surface area is 153 Å². The molecule has 1 aliphatic heterocycles. The molecule has 0 radical (unpaired) electrons. The van der Waals surface area contributed by atoms with Crippen molar-refractivity contribution in [3.63, 3.8) is 0 Å². The van der Waals surface area contributed by atoms with E-state index in [0.29, 0.717) is 12.1 Å². The van der Waals surface area contributed by atoms with E-state index in [1.807, 2.05) is 35.2 Å². The molecular formula is C21H25FN2O2. The number of ether oxygens (including phenoxy) is 1. The van der Waals surface area contributed by atoms with Crippen molar-refractivity contribution in [1.82, 2.24) is 4.90 Å². The van der Waals surface area contributed by atoms with Crippen LogP contribution in [0.15, 0.2) is 42.5 Å². The summed E-state index contributed by atoms with van der Waals surface area (Å²) < 4.78 is 20.1.